The Bertz CT molecular complexity index is 985. The normalized spacial score (nSPS) is 19.5. The van der Waals surface area contributed by atoms with Gasteiger partial charge in [-0.2, -0.15) is 0 Å². The molecule has 7 nitrogen and oxygen atoms in total. The Morgan fingerprint density at radius 1 is 1.10 bits per heavy atom. The van der Waals surface area contributed by atoms with Crippen molar-refractivity contribution in [2.75, 3.05) is 20.1 Å². The molecule has 2 N–H and O–H groups in total. The average Bonchev–Trinajstić information content (AvgIpc) is 2.91. The fourth-order valence-electron chi connectivity index (χ4n) is 4.08. The van der Waals surface area contributed by atoms with Crippen LogP contribution in [-0.4, -0.2) is 47.5 Å². The Kier molecular flexibility index (Phi) is 7.63. The molecular weight excluding hydrogens is 392 g/mol. The third kappa shape index (κ3) is 6.52. The van der Waals surface area contributed by atoms with Crippen LogP contribution in [-0.2, 0) is 22.7 Å². The smallest absolute Gasteiger partial charge is 0.250 e. The van der Waals surface area contributed by atoms with Gasteiger partial charge in [0.15, 0.2) is 0 Å². The molecule has 31 heavy (non-hydrogen) atoms. The first-order chi connectivity index (χ1) is 14.8. The molecule has 1 aliphatic heterocycles. The number of amides is 2. The fraction of sp³-hybridized carbons (Fsp3) is 0.458. The molecule has 2 amide bonds. The number of carbonyl (C=O) groups is 2. The topological polar surface area (TPSA) is 83.4 Å². The van der Waals surface area contributed by atoms with Gasteiger partial charge in [0, 0.05) is 37.9 Å². The van der Waals surface area contributed by atoms with E-state index in [1.165, 1.54) is 21.8 Å². The molecule has 2 aromatic rings. The van der Waals surface area contributed by atoms with Crippen LogP contribution < -0.4 is 16.2 Å². The summed E-state index contributed by atoms with van der Waals surface area (Å²) in [4.78, 5) is 39.1. The van der Waals surface area contributed by atoms with Crippen LogP contribution in [0, 0.1) is 19.8 Å². The lowest BCUT2D eigenvalue weighted by atomic mass is 10.0. The highest BCUT2D eigenvalue weighted by molar-refractivity contribution is 5.79. The molecule has 1 aromatic heterocycles. The van der Waals surface area contributed by atoms with E-state index in [2.05, 4.69) is 40.7 Å². The van der Waals surface area contributed by atoms with Gasteiger partial charge < -0.3 is 20.1 Å². The summed E-state index contributed by atoms with van der Waals surface area (Å²) in [6.45, 7) is 5.96. The highest BCUT2D eigenvalue weighted by Gasteiger charge is 2.27. The van der Waals surface area contributed by atoms with Crippen LogP contribution in [0.1, 0.15) is 29.5 Å². The number of carbonyl (C=O) groups excluding carboxylic acids is 2. The number of aromatic nitrogens is 1. The molecule has 166 valence electrons. The van der Waals surface area contributed by atoms with E-state index in [1.807, 2.05) is 14.0 Å². The third-order valence-electron chi connectivity index (χ3n) is 5.83. The Hall–Kier alpha value is -2.93. The van der Waals surface area contributed by atoms with Crippen LogP contribution in [0.2, 0.25) is 0 Å². The molecule has 2 atom stereocenters. The molecule has 0 radical (unpaired) electrons. The van der Waals surface area contributed by atoms with Gasteiger partial charge in [0.25, 0.3) is 5.56 Å². The van der Waals surface area contributed by atoms with Gasteiger partial charge in [0.05, 0.1) is 5.92 Å². The first-order valence-electron chi connectivity index (χ1n) is 10.8. The molecule has 2 heterocycles. The van der Waals surface area contributed by atoms with Gasteiger partial charge in [0.2, 0.25) is 11.8 Å². The summed E-state index contributed by atoms with van der Waals surface area (Å²) in [6, 6.07) is 11.0. The number of hydrogen-bond donors (Lipinski definition) is 2. The molecule has 0 bridgehead atoms. The quantitative estimate of drug-likeness (QED) is 0.738. The van der Waals surface area contributed by atoms with Crippen LogP contribution in [0.3, 0.4) is 0 Å². The molecule has 7 heteroatoms. The monoisotopic (exact) mass is 424 g/mol. The summed E-state index contributed by atoms with van der Waals surface area (Å²) in [5.74, 6) is -0.256. The van der Waals surface area contributed by atoms with Crippen molar-refractivity contribution < 1.29 is 9.59 Å². The Morgan fingerprint density at radius 2 is 1.90 bits per heavy atom. The molecule has 0 unspecified atom stereocenters. The molecule has 1 aliphatic rings. The summed E-state index contributed by atoms with van der Waals surface area (Å²) in [6.07, 6.45) is 3.04. The van der Waals surface area contributed by atoms with E-state index in [9.17, 15) is 14.4 Å². The number of rotatable bonds is 6. The zero-order valence-electron chi connectivity index (χ0n) is 18.6. The van der Waals surface area contributed by atoms with E-state index in [4.69, 9.17) is 0 Å². The molecule has 3 rings (SSSR count). The molecule has 1 fully saturated rings. The Balaban J connectivity index is 1.52. The largest absolute Gasteiger partial charge is 0.352 e. The van der Waals surface area contributed by atoms with Crippen LogP contribution in [0.4, 0.5) is 0 Å². The number of nitrogens with zero attached hydrogens (tertiary/aromatic N) is 2. The summed E-state index contributed by atoms with van der Waals surface area (Å²) in [5, 5.41) is 6.11. The number of pyridine rings is 1. The number of hydrogen-bond acceptors (Lipinski definition) is 4. The maximum Gasteiger partial charge on any atom is 0.250 e. The van der Waals surface area contributed by atoms with E-state index in [1.54, 1.807) is 18.3 Å². The number of likely N-dealkylation sites (N-methyl/N-ethyl adjacent to an activating group) is 1. The van der Waals surface area contributed by atoms with E-state index < -0.39 is 0 Å². The first kappa shape index (κ1) is 22.7. The van der Waals surface area contributed by atoms with Crippen LogP contribution in [0.25, 0.3) is 0 Å². The number of nitrogens with one attached hydrogen (secondary N) is 2. The molecule has 0 saturated carbocycles. The van der Waals surface area contributed by atoms with Gasteiger partial charge in [-0.25, -0.2) is 0 Å². The third-order valence-corrected chi connectivity index (χ3v) is 5.83. The first-order valence-corrected chi connectivity index (χ1v) is 10.8. The summed E-state index contributed by atoms with van der Waals surface area (Å²) < 4.78 is 1.39. The van der Waals surface area contributed by atoms with Gasteiger partial charge in [0.1, 0.15) is 6.54 Å². The van der Waals surface area contributed by atoms with E-state index in [0.717, 1.165) is 12.0 Å². The van der Waals surface area contributed by atoms with Crippen LogP contribution >= 0.6 is 0 Å². The fourth-order valence-corrected chi connectivity index (χ4v) is 4.08. The van der Waals surface area contributed by atoms with E-state index >= 15 is 0 Å². The van der Waals surface area contributed by atoms with E-state index in [-0.39, 0.29) is 35.9 Å². The van der Waals surface area contributed by atoms with Crippen molar-refractivity contribution in [2.24, 2.45) is 5.92 Å². The predicted octanol–water partition coefficient (Wildman–Crippen LogP) is 1.61. The second kappa shape index (κ2) is 10.4. The molecule has 1 aromatic carbocycles. The second-order valence-electron chi connectivity index (χ2n) is 8.57. The maximum absolute atomic E-state index is 12.8. The van der Waals surface area contributed by atoms with Gasteiger partial charge >= 0.3 is 0 Å². The standard InChI is InChI=1S/C24H32N4O3/c1-17-7-8-18(2)20(12-17)13-25-24(31)19-9-10-21(15-27(3)14-19)26-22(29)16-28-11-5-4-6-23(28)30/h4-8,11-12,19,21H,9-10,13-16H2,1-3H3,(H,25,31)(H,26,29)/t19-,21+/m1/s1. The zero-order valence-corrected chi connectivity index (χ0v) is 18.6. The van der Waals surface area contributed by atoms with Crippen molar-refractivity contribution in [1.82, 2.24) is 20.1 Å². The van der Waals surface area contributed by atoms with Crippen molar-refractivity contribution in [2.45, 2.75) is 45.8 Å². The number of likely N-dealkylation sites (tertiary alicyclic amines) is 1. The summed E-state index contributed by atoms with van der Waals surface area (Å²) in [5.41, 5.74) is 3.29. The lowest BCUT2D eigenvalue weighted by Crippen LogP contribution is -2.43. The molecule has 0 spiro atoms. The lowest BCUT2D eigenvalue weighted by Gasteiger charge is -2.22. The SMILES string of the molecule is Cc1ccc(C)c(CNC(=O)[C@@H]2CC[C@H](NC(=O)Cn3ccccc3=O)CN(C)C2)c1. The van der Waals surface area contributed by atoms with Crippen molar-refractivity contribution in [3.05, 3.63) is 69.6 Å². The minimum Gasteiger partial charge on any atom is -0.352 e. The van der Waals surface area contributed by atoms with Gasteiger partial charge in [-0.15, -0.1) is 0 Å². The van der Waals surface area contributed by atoms with Crippen LogP contribution in [0.5, 0.6) is 0 Å². The predicted molar refractivity (Wildman–Crippen MR) is 121 cm³/mol. The Labute approximate surface area is 183 Å². The highest BCUT2D eigenvalue weighted by Crippen LogP contribution is 2.17. The maximum atomic E-state index is 12.8. The zero-order chi connectivity index (χ0) is 22.4. The number of aryl methyl sites for hydroxylation is 2. The van der Waals surface area contributed by atoms with Gasteiger partial charge in [-0.1, -0.05) is 29.8 Å². The van der Waals surface area contributed by atoms with Crippen molar-refractivity contribution in [3.8, 4) is 0 Å². The lowest BCUT2D eigenvalue weighted by molar-refractivity contribution is -0.125. The highest BCUT2D eigenvalue weighted by atomic mass is 16.2. The Morgan fingerprint density at radius 3 is 2.68 bits per heavy atom. The second-order valence-corrected chi connectivity index (χ2v) is 8.57. The van der Waals surface area contributed by atoms with Crippen molar-refractivity contribution in [1.29, 1.82) is 0 Å². The minimum absolute atomic E-state index is 0.000351. The van der Waals surface area contributed by atoms with Crippen molar-refractivity contribution in [3.63, 3.8) is 0 Å². The van der Waals surface area contributed by atoms with Gasteiger partial charge in [-0.3, -0.25) is 14.4 Å². The minimum atomic E-state index is -0.198. The molecule has 1 saturated heterocycles. The number of benzene rings is 1. The summed E-state index contributed by atoms with van der Waals surface area (Å²) in [7, 11) is 1.97. The van der Waals surface area contributed by atoms with Crippen LogP contribution in [0.15, 0.2) is 47.4 Å². The summed E-state index contributed by atoms with van der Waals surface area (Å²) >= 11 is 0. The van der Waals surface area contributed by atoms with Gasteiger partial charge in [-0.05, 0) is 50.9 Å². The molecular formula is C24H32N4O3. The molecule has 0 aliphatic carbocycles. The average molecular weight is 425 g/mol. The van der Waals surface area contributed by atoms with Crippen molar-refractivity contribution >= 4 is 11.8 Å². The van der Waals surface area contributed by atoms with E-state index in [0.29, 0.717) is 26.1 Å².